The van der Waals surface area contributed by atoms with E-state index in [1.807, 2.05) is 6.08 Å². The van der Waals surface area contributed by atoms with Gasteiger partial charge >= 0.3 is 0 Å². The molecule has 0 radical (unpaired) electrons. The Balaban J connectivity index is 0.930. The minimum absolute atomic E-state index is 0.0394. The van der Waals surface area contributed by atoms with Crippen molar-refractivity contribution in [2.75, 3.05) is 73.6 Å². The second kappa shape index (κ2) is 11.4. The Hall–Kier alpha value is -3.00. The normalized spacial score (nSPS) is 34.8. The molecule has 0 N–H and O–H groups in total. The minimum Gasteiger partial charge on any atom is -0.356 e. The molecule has 2 saturated carbocycles. The molecule has 0 spiro atoms. The van der Waals surface area contributed by atoms with Crippen LogP contribution in [0.5, 0.6) is 0 Å². The van der Waals surface area contributed by atoms with E-state index in [-0.39, 0.29) is 22.5 Å². The Morgan fingerprint density at radius 1 is 0.867 bits per heavy atom. The third kappa shape index (κ3) is 5.06. The van der Waals surface area contributed by atoms with Gasteiger partial charge in [0.1, 0.15) is 17.4 Å². The lowest BCUT2D eigenvalue weighted by atomic mass is 9.52. The smallest absolute Gasteiger partial charge is 0.229 e. The second-order valence-corrected chi connectivity index (χ2v) is 15.4. The Morgan fingerprint density at radius 3 is 2.24 bits per heavy atom. The van der Waals surface area contributed by atoms with Crippen molar-refractivity contribution in [3.05, 3.63) is 41.5 Å². The zero-order valence-electron chi connectivity index (χ0n) is 27.3. The maximum Gasteiger partial charge on any atom is 0.229 e. The molecular formula is C37H50N6O2. The first-order chi connectivity index (χ1) is 21.8. The van der Waals surface area contributed by atoms with Crippen molar-refractivity contribution in [2.24, 2.45) is 28.6 Å². The Kier molecular flexibility index (Phi) is 7.42. The molecule has 0 bridgehead atoms. The van der Waals surface area contributed by atoms with Gasteiger partial charge in [0.15, 0.2) is 5.78 Å². The highest BCUT2D eigenvalue weighted by atomic mass is 16.1. The average Bonchev–Trinajstić information content (AvgIpc) is 3.83. The van der Waals surface area contributed by atoms with Gasteiger partial charge in [-0.05, 0) is 94.1 Å². The van der Waals surface area contributed by atoms with E-state index in [0.29, 0.717) is 24.2 Å². The van der Waals surface area contributed by atoms with Crippen LogP contribution in [-0.4, -0.2) is 85.3 Å². The van der Waals surface area contributed by atoms with Crippen LogP contribution in [0, 0.1) is 28.6 Å². The number of anilines is 3. The summed E-state index contributed by atoms with van der Waals surface area (Å²) in [5.41, 5.74) is 2.72. The molecule has 7 aliphatic rings. The third-order valence-corrected chi connectivity index (χ3v) is 12.9. The summed E-state index contributed by atoms with van der Waals surface area (Å²) in [6.45, 7) is 13.1. The van der Waals surface area contributed by atoms with Crippen molar-refractivity contribution in [3.8, 4) is 0 Å². The molecule has 240 valence electrons. The summed E-state index contributed by atoms with van der Waals surface area (Å²) in [7, 11) is 0. The highest BCUT2D eigenvalue weighted by Gasteiger charge is 2.57. The maximum atomic E-state index is 14.0. The molecule has 4 aliphatic carbocycles. The first kappa shape index (κ1) is 29.4. The average molecular weight is 611 g/mol. The fourth-order valence-corrected chi connectivity index (χ4v) is 10.3. The van der Waals surface area contributed by atoms with E-state index in [1.54, 1.807) is 6.08 Å². The van der Waals surface area contributed by atoms with Crippen LogP contribution in [-0.2, 0) is 9.59 Å². The highest BCUT2D eigenvalue weighted by molar-refractivity contribution is 6.01. The van der Waals surface area contributed by atoms with Gasteiger partial charge in [-0.2, -0.15) is 9.97 Å². The number of hydrogen-bond donors (Lipinski definition) is 0. The molecule has 1 aromatic rings. The molecule has 5 atom stereocenters. The molecular weight excluding hydrogens is 560 g/mol. The summed E-state index contributed by atoms with van der Waals surface area (Å²) >= 11 is 0. The molecule has 0 amide bonds. The third-order valence-electron chi connectivity index (χ3n) is 12.9. The summed E-state index contributed by atoms with van der Waals surface area (Å²) in [6, 6.07) is 2.21. The van der Waals surface area contributed by atoms with Gasteiger partial charge in [-0.15, -0.1) is 0 Å². The Morgan fingerprint density at radius 2 is 1.53 bits per heavy atom. The SMILES string of the molecule is C[C@]12C=CC(=O)C=C1CCC1C2=CC[C@]2(C)C(C(=O)CN3CCN(c4cc(N5CCCC5)nc(N5CCCC5)n4)CC3)CCC12. The van der Waals surface area contributed by atoms with Gasteiger partial charge in [0.05, 0.1) is 6.54 Å². The molecule has 1 aromatic heterocycles. The van der Waals surface area contributed by atoms with Gasteiger partial charge < -0.3 is 14.7 Å². The molecule has 8 heteroatoms. The van der Waals surface area contributed by atoms with Gasteiger partial charge in [0.25, 0.3) is 0 Å². The maximum absolute atomic E-state index is 14.0. The molecule has 3 unspecified atom stereocenters. The summed E-state index contributed by atoms with van der Waals surface area (Å²) in [4.78, 5) is 45.8. The fourth-order valence-electron chi connectivity index (χ4n) is 10.3. The number of allylic oxidation sites excluding steroid dienone is 6. The Labute approximate surface area is 268 Å². The van der Waals surface area contributed by atoms with Gasteiger partial charge in [0.2, 0.25) is 5.95 Å². The van der Waals surface area contributed by atoms with Crippen molar-refractivity contribution in [3.63, 3.8) is 0 Å². The number of piperazine rings is 1. The summed E-state index contributed by atoms with van der Waals surface area (Å²) in [5.74, 6) is 4.82. The first-order valence-corrected chi connectivity index (χ1v) is 17.9. The fraction of sp³-hybridized carbons (Fsp3) is 0.676. The largest absolute Gasteiger partial charge is 0.356 e. The van der Waals surface area contributed by atoms with Crippen LogP contribution < -0.4 is 14.7 Å². The van der Waals surface area contributed by atoms with E-state index in [4.69, 9.17) is 9.97 Å². The van der Waals surface area contributed by atoms with Crippen molar-refractivity contribution < 1.29 is 9.59 Å². The standard InChI is InChI=1S/C37H50N6O2/c1-36-13-11-27(44)23-26(36)7-8-28-29-9-10-31(37(29,2)14-12-30(28)36)32(45)25-40-19-21-42(22-20-40)34-24-33(41-15-3-4-16-41)38-35(39-34)43-17-5-6-18-43/h11-13,23-24,28-29,31H,3-10,14-22,25H2,1-2H3/t28?,29?,31?,36-,37-/m0/s1. The molecule has 8 nitrogen and oxygen atoms in total. The second-order valence-electron chi connectivity index (χ2n) is 15.4. The molecule has 5 fully saturated rings. The van der Waals surface area contributed by atoms with Crippen LogP contribution in [0.3, 0.4) is 0 Å². The predicted molar refractivity (Wildman–Crippen MR) is 179 cm³/mol. The zero-order valence-corrected chi connectivity index (χ0v) is 27.3. The zero-order chi connectivity index (χ0) is 30.8. The molecule has 0 aromatic carbocycles. The van der Waals surface area contributed by atoms with Crippen LogP contribution in [0.1, 0.15) is 71.6 Å². The number of rotatable bonds is 6. The van der Waals surface area contributed by atoms with Crippen LogP contribution in [0.4, 0.5) is 17.6 Å². The number of hydrogen-bond acceptors (Lipinski definition) is 8. The lowest BCUT2D eigenvalue weighted by Gasteiger charge is -2.52. The molecule has 4 heterocycles. The number of ketones is 2. The van der Waals surface area contributed by atoms with Gasteiger partial charge in [-0.25, -0.2) is 0 Å². The quantitative estimate of drug-likeness (QED) is 0.407. The number of fused-ring (bicyclic) bond motifs is 5. The Bertz CT molecular complexity index is 1410. The van der Waals surface area contributed by atoms with E-state index in [9.17, 15) is 9.59 Å². The van der Waals surface area contributed by atoms with E-state index < -0.39 is 0 Å². The molecule has 45 heavy (non-hydrogen) atoms. The van der Waals surface area contributed by atoms with Crippen LogP contribution in [0.2, 0.25) is 0 Å². The summed E-state index contributed by atoms with van der Waals surface area (Å²) in [5, 5.41) is 0. The predicted octanol–water partition coefficient (Wildman–Crippen LogP) is 5.21. The highest BCUT2D eigenvalue weighted by Crippen LogP contribution is 2.64. The topological polar surface area (TPSA) is 72.9 Å². The number of Topliss-reactive ketones (excluding diaryl/α,β-unsaturated/α-hetero) is 1. The number of carbonyl (C=O) groups is 2. The van der Waals surface area contributed by atoms with Crippen LogP contribution in [0.15, 0.2) is 41.5 Å². The van der Waals surface area contributed by atoms with Gasteiger partial charge in [-0.1, -0.05) is 30.2 Å². The summed E-state index contributed by atoms with van der Waals surface area (Å²) < 4.78 is 0. The van der Waals surface area contributed by atoms with Crippen molar-refractivity contribution in [1.29, 1.82) is 0 Å². The van der Waals surface area contributed by atoms with Gasteiger partial charge in [-0.3, -0.25) is 14.5 Å². The molecule has 3 saturated heterocycles. The van der Waals surface area contributed by atoms with E-state index >= 15 is 0 Å². The van der Waals surface area contributed by atoms with Crippen molar-refractivity contribution in [2.45, 2.75) is 71.6 Å². The number of aromatic nitrogens is 2. The van der Waals surface area contributed by atoms with E-state index in [0.717, 1.165) is 102 Å². The molecule has 8 rings (SSSR count). The lowest BCUT2D eigenvalue weighted by Crippen LogP contribution is -2.50. The van der Waals surface area contributed by atoms with E-state index in [2.05, 4.69) is 51.7 Å². The van der Waals surface area contributed by atoms with Crippen LogP contribution in [0.25, 0.3) is 0 Å². The number of nitrogens with zero attached hydrogens (tertiary/aromatic N) is 6. The van der Waals surface area contributed by atoms with Gasteiger partial charge in [0, 0.05) is 69.8 Å². The number of carbonyl (C=O) groups excluding carboxylic acids is 2. The lowest BCUT2D eigenvalue weighted by molar-refractivity contribution is -0.128. The minimum atomic E-state index is -0.117. The first-order valence-electron chi connectivity index (χ1n) is 17.9. The summed E-state index contributed by atoms with van der Waals surface area (Å²) in [6.07, 6.45) is 18.4. The van der Waals surface area contributed by atoms with Crippen molar-refractivity contribution >= 4 is 29.2 Å². The van der Waals surface area contributed by atoms with Crippen molar-refractivity contribution in [1.82, 2.24) is 14.9 Å². The van der Waals surface area contributed by atoms with E-state index in [1.165, 1.54) is 36.8 Å². The van der Waals surface area contributed by atoms with Crippen LogP contribution >= 0.6 is 0 Å². The molecule has 3 aliphatic heterocycles. The monoisotopic (exact) mass is 610 g/mol.